The molecule has 1 saturated heterocycles. The van der Waals surface area contributed by atoms with Crippen LogP contribution in [0.2, 0.25) is 0 Å². The number of aryl methyl sites for hydroxylation is 1. The van der Waals surface area contributed by atoms with Crippen LogP contribution in [0.25, 0.3) is 0 Å². The van der Waals surface area contributed by atoms with E-state index in [9.17, 15) is 9.90 Å². The lowest BCUT2D eigenvalue weighted by Gasteiger charge is -2.43. The molecule has 1 amide bonds. The van der Waals surface area contributed by atoms with Gasteiger partial charge in [-0.3, -0.25) is 4.79 Å². The first-order valence-corrected chi connectivity index (χ1v) is 9.30. The smallest absolute Gasteiger partial charge is 0.270 e. The lowest BCUT2D eigenvalue weighted by Crippen LogP contribution is -2.50. The van der Waals surface area contributed by atoms with Crippen molar-refractivity contribution in [1.29, 1.82) is 0 Å². The summed E-state index contributed by atoms with van der Waals surface area (Å²) in [6.07, 6.45) is 3.05. The van der Waals surface area contributed by atoms with Gasteiger partial charge in [0.15, 0.2) is 0 Å². The number of hydrogen-bond acceptors (Lipinski definition) is 3. The summed E-state index contributed by atoms with van der Waals surface area (Å²) < 4.78 is 1.87. The zero-order valence-electron chi connectivity index (χ0n) is 15.7. The number of likely N-dealkylation sites (tertiary alicyclic amines) is 1. The van der Waals surface area contributed by atoms with Crippen LogP contribution >= 0.6 is 0 Å². The Morgan fingerprint density at radius 2 is 1.85 bits per heavy atom. The molecule has 0 radical (unpaired) electrons. The van der Waals surface area contributed by atoms with E-state index in [0.717, 1.165) is 18.5 Å². The second-order valence-electron chi connectivity index (χ2n) is 7.89. The number of nitrogens with zero attached hydrogens (tertiary/aromatic N) is 3. The van der Waals surface area contributed by atoms with E-state index in [1.54, 1.807) is 0 Å². The summed E-state index contributed by atoms with van der Waals surface area (Å²) in [5, 5.41) is 11.3. The van der Waals surface area contributed by atoms with Crippen LogP contribution in [0, 0.1) is 0 Å². The van der Waals surface area contributed by atoms with Crippen molar-refractivity contribution in [3.05, 3.63) is 59.4 Å². The topological polar surface area (TPSA) is 48.7 Å². The summed E-state index contributed by atoms with van der Waals surface area (Å²) in [4.78, 5) is 16.9. The van der Waals surface area contributed by atoms with E-state index in [-0.39, 0.29) is 17.4 Å². The molecule has 1 N–H and O–H groups in total. The molecule has 1 spiro atoms. The molecule has 2 aliphatic rings. The molecule has 1 aromatic carbocycles. The minimum Gasteiger partial charge on any atom is -0.390 e. The normalized spacial score (nSPS) is 24.3. The van der Waals surface area contributed by atoms with Gasteiger partial charge in [0.05, 0.1) is 12.1 Å². The van der Waals surface area contributed by atoms with Gasteiger partial charge in [0.2, 0.25) is 0 Å². The first-order chi connectivity index (χ1) is 12.5. The highest BCUT2D eigenvalue weighted by atomic mass is 16.3. The number of fused-ring (bicyclic) bond motifs is 2. The second kappa shape index (κ2) is 6.25. The van der Waals surface area contributed by atoms with Gasteiger partial charge in [-0.2, -0.15) is 0 Å². The largest absolute Gasteiger partial charge is 0.390 e. The Kier molecular flexibility index (Phi) is 4.16. The highest BCUT2D eigenvalue weighted by molar-refractivity contribution is 5.92. The first-order valence-electron chi connectivity index (χ1n) is 9.30. The average Bonchev–Trinajstić information content (AvgIpc) is 3.16. The third kappa shape index (κ3) is 2.42. The Morgan fingerprint density at radius 1 is 1.15 bits per heavy atom. The fourth-order valence-corrected chi connectivity index (χ4v) is 4.92. The van der Waals surface area contributed by atoms with Crippen molar-refractivity contribution in [2.75, 3.05) is 27.2 Å². The van der Waals surface area contributed by atoms with Gasteiger partial charge in [-0.25, -0.2) is 0 Å². The number of piperidine rings is 1. The maximum Gasteiger partial charge on any atom is 0.270 e. The summed E-state index contributed by atoms with van der Waals surface area (Å²) in [5.74, 6) is 0.0808. The highest BCUT2D eigenvalue weighted by Gasteiger charge is 2.53. The maximum atomic E-state index is 12.8. The average molecular weight is 353 g/mol. The van der Waals surface area contributed by atoms with Crippen LogP contribution in [-0.4, -0.2) is 58.7 Å². The maximum absolute atomic E-state index is 12.8. The number of rotatable bonds is 2. The van der Waals surface area contributed by atoms with Gasteiger partial charge in [0.25, 0.3) is 5.91 Å². The van der Waals surface area contributed by atoms with Crippen LogP contribution in [0.15, 0.2) is 42.6 Å². The number of aromatic nitrogens is 1. The fourth-order valence-electron chi connectivity index (χ4n) is 4.92. The molecular weight excluding hydrogens is 326 g/mol. The third-order valence-electron chi connectivity index (χ3n) is 6.34. The van der Waals surface area contributed by atoms with Crippen LogP contribution in [0.5, 0.6) is 0 Å². The molecule has 4 rings (SSSR count). The predicted molar refractivity (Wildman–Crippen MR) is 101 cm³/mol. The molecule has 1 fully saturated rings. The molecule has 138 valence electrons. The molecule has 1 aliphatic carbocycles. The number of amides is 1. The molecule has 2 aromatic rings. The quantitative estimate of drug-likeness (QED) is 0.900. The molecule has 2 heterocycles. The minimum absolute atomic E-state index is 0.0151. The van der Waals surface area contributed by atoms with E-state index in [2.05, 4.69) is 29.2 Å². The van der Waals surface area contributed by atoms with Gasteiger partial charge in [0.1, 0.15) is 5.69 Å². The molecule has 0 bridgehead atoms. The van der Waals surface area contributed by atoms with Crippen molar-refractivity contribution >= 4 is 5.91 Å². The standard InChI is InChI=1S/C21H27N3O2/c1-22(2)18-15-7-4-5-8-16(15)21(19(18)25)10-13-24(14-11-21)20(26)17-9-6-12-23(17)3/h4-9,12,18-19,25H,10-11,13-14H2,1-3H3/t18-,19+/m1/s1. The zero-order valence-corrected chi connectivity index (χ0v) is 15.7. The van der Waals surface area contributed by atoms with Gasteiger partial charge in [-0.05, 0) is 50.2 Å². The molecule has 5 heteroatoms. The SMILES string of the molecule is CN(C)[C@@H]1c2ccccc2C2(CCN(C(=O)c3cccn3C)CC2)[C@H]1O. The highest BCUT2D eigenvalue weighted by Crippen LogP contribution is 2.52. The monoisotopic (exact) mass is 353 g/mol. The molecule has 2 atom stereocenters. The van der Waals surface area contributed by atoms with E-state index < -0.39 is 6.10 Å². The summed E-state index contributed by atoms with van der Waals surface area (Å²) in [7, 11) is 5.95. The molecule has 0 unspecified atom stereocenters. The fraction of sp³-hybridized carbons (Fsp3) is 0.476. The van der Waals surface area contributed by atoms with Crippen molar-refractivity contribution in [3.8, 4) is 0 Å². The Bertz CT molecular complexity index is 818. The number of carbonyl (C=O) groups is 1. The van der Waals surface area contributed by atoms with Crippen molar-refractivity contribution in [3.63, 3.8) is 0 Å². The Labute approximate surface area is 154 Å². The number of aliphatic hydroxyl groups is 1. The Morgan fingerprint density at radius 3 is 2.46 bits per heavy atom. The first kappa shape index (κ1) is 17.3. The third-order valence-corrected chi connectivity index (χ3v) is 6.34. The zero-order chi connectivity index (χ0) is 18.5. The molecule has 1 aliphatic heterocycles. The van der Waals surface area contributed by atoms with Gasteiger partial charge in [-0.1, -0.05) is 24.3 Å². The van der Waals surface area contributed by atoms with Crippen molar-refractivity contribution in [1.82, 2.24) is 14.4 Å². The van der Waals surface area contributed by atoms with Crippen LogP contribution in [0.1, 0.15) is 40.5 Å². The second-order valence-corrected chi connectivity index (χ2v) is 7.89. The van der Waals surface area contributed by atoms with Gasteiger partial charge >= 0.3 is 0 Å². The predicted octanol–water partition coefficient (Wildman–Crippen LogP) is 2.18. The number of carbonyl (C=O) groups excluding carboxylic acids is 1. The van der Waals surface area contributed by atoms with Gasteiger partial charge < -0.3 is 19.5 Å². The van der Waals surface area contributed by atoms with E-state index in [4.69, 9.17) is 0 Å². The minimum atomic E-state index is -0.442. The molecule has 26 heavy (non-hydrogen) atoms. The number of hydrogen-bond donors (Lipinski definition) is 1. The molecular formula is C21H27N3O2. The Hall–Kier alpha value is -2.11. The van der Waals surface area contributed by atoms with Gasteiger partial charge in [0, 0.05) is 31.7 Å². The van der Waals surface area contributed by atoms with Crippen LogP contribution < -0.4 is 0 Å². The number of likely N-dealkylation sites (N-methyl/N-ethyl adjacent to an activating group) is 1. The number of aliphatic hydroxyl groups excluding tert-OH is 1. The summed E-state index contributed by atoms with van der Waals surface area (Å²) in [6.45, 7) is 1.35. The molecule has 0 saturated carbocycles. The molecule has 5 nitrogen and oxygen atoms in total. The summed E-state index contributed by atoms with van der Waals surface area (Å²) in [6, 6.07) is 12.2. The lowest BCUT2D eigenvalue weighted by atomic mass is 9.72. The van der Waals surface area contributed by atoms with Crippen LogP contribution in [-0.2, 0) is 12.5 Å². The number of benzene rings is 1. The Balaban J connectivity index is 1.60. The summed E-state index contributed by atoms with van der Waals surface area (Å²) >= 11 is 0. The van der Waals surface area contributed by atoms with E-state index in [1.165, 1.54) is 11.1 Å². The van der Waals surface area contributed by atoms with Gasteiger partial charge in [-0.15, -0.1) is 0 Å². The lowest BCUT2D eigenvalue weighted by molar-refractivity contribution is -0.00160. The van der Waals surface area contributed by atoms with E-state index >= 15 is 0 Å². The van der Waals surface area contributed by atoms with Crippen LogP contribution in [0.4, 0.5) is 0 Å². The molecule has 1 aromatic heterocycles. The van der Waals surface area contributed by atoms with E-state index in [1.807, 2.05) is 48.9 Å². The van der Waals surface area contributed by atoms with Crippen molar-refractivity contribution in [2.45, 2.75) is 30.4 Å². The van der Waals surface area contributed by atoms with Crippen molar-refractivity contribution < 1.29 is 9.90 Å². The van der Waals surface area contributed by atoms with Crippen molar-refractivity contribution in [2.24, 2.45) is 7.05 Å². The van der Waals surface area contributed by atoms with E-state index in [0.29, 0.717) is 13.1 Å². The summed E-state index contributed by atoms with van der Waals surface area (Å²) in [5.41, 5.74) is 2.96. The van der Waals surface area contributed by atoms with Crippen LogP contribution in [0.3, 0.4) is 0 Å².